The Morgan fingerprint density at radius 2 is 1.53 bits per heavy atom. The second kappa shape index (κ2) is 19.0. The first-order valence-electron chi connectivity index (χ1n) is 26.0. The molecule has 5 aromatic rings. The lowest BCUT2D eigenvalue weighted by atomic mass is 9.89. The van der Waals surface area contributed by atoms with E-state index in [0.717, 1.165) is 97.2 Å². The number of piperazine rings is 1. The number of phenolic OH excluding ortho intramolecular Hbond substituents is 1. The number of ether oxygens (including phenoxy) is 2. The molecule has 18 heteroatoms. The number of anilines is 2. The highest BCUT2D eigenvalue weighted by Gasteiger charge is 2.48. The van der Waals surface area contributed by atoms with E-state index < -0.39 is 41.0 Å². The molecule has 1 saturated carbocycles. The lowest BCUT2D eigenvalue weighted by Gasteiger charge is -2.49. The number of likely N-dealkylation sites (tertiary alicyclic amines) is 2. The summed E-state index contributed by atoms with van der Waals surface area (Å²) in [7, 11) is 0. The van der Waals surface area contributed by atoms with Crippen LogP contribution in [-0.2, 0) is 20.7 Å². The van der Waals surface area contributed by atoms with Crippen LogP contribution >= 0.6 is 0 Å². The Kier molecular flexibility index (Phi) is 12.5. The topological polar surface area (TPSA) is 149 Å². The zero-order valence-corrected chi connectivity index (χ0v) is 40.6. The summed E-state index contributed by atoms with van der Waals surface area (Å²) in [6.07, 6.45) is 9.94. The standard InChI is InChI=1S/C54H61F4N9O5/c1-2-38-42(55)7-3-30-19-35(68)22-40(46(30)38)49-48(58)50-41(23-59-49)51(67-24-31-4-5-32(25-67)60-31)63-53(62-50)71-29-54(13-14-54)28-64-26-34(27-64)66-17-11-37(12-18-66)72-36-9-15-65(16-10-36)33-20-43(56)47(44(57)21-33)39-6-8-45(69)61-52(39)70/h3,7,19-23,31-32,34,36-37,39,60,68H,2,4-6,8-18,24-29H2,1H3,(H,61,69,70). The summed E-state index contributed by atoms with van der Waals surface area (Å²) in [4.78, 5) is 47.5. The Hall–Kier alpha value is -5.69. The van der Waals surface area contributed by atoms with Crippen molar-refractivity contribution in [1.82, 2.24) is 35.4 Å². The van der Waals surface area contributed by atoms with E-state index in [9.17, 15) is 14.7 Å². The number of amides is 2. The fourth-order valence-electron chi connectivity index (χ4n) is 12.6. The molecule has 2 aromatic heterocycles. The first kappa shape index (κ1) is 47.3. The van der Waals surface area contributed by atoms with Gasteiger partial charge in [-0.15, -0.1) is 0 Å². The maximum Gasteiger partial charge on any atom is 0.319 e. The molecule has 3 aromatic carbocycles. The van der Waals surface area contributed by atoms with Crippen LogP contribution < -0.4 is 25.2 Å². The summed E-state index contributed by atoms with van der Waals surface area (Å²) in [5.41, 5.74) is 0.914. The van der Waals surface area contributed by atoms with E-state index in [2.05, 4.69) is 30.3 Å². The van der Waals surface area contributed by atoms with Gasteiger partial charge in [-0.25, -0.2) is 17.6 Å². The molecule has 3 unspecified atom stereocenters. The van der Waals surface area contributed by atoms with Crippen LogP contribution in [0.25, 0.3) is 32.9 Å². The van der Waals surface area contributed by atoms with Crippen LogP contribution in [0.15, 0.2) is 42.6 Å². The second-order valence-electron chi connectivity index (χ2n) is 21.5. The van der Waals surface area contributed by atoms with E-state index in [0.29, 0.717) is 83.0 Å². The van der Waals surface area contributed by atoms with Gasteiger partial charge in [-0.05, 0) is 111 Å². The fraction of sp³-hybridized carbons (Fsp3) is 0.537. The zero-order chi connectivity index (χ0) is 49.4. The second-order valence-corrected chi connectivity index (χ2v) is 21.5. The van der Waals surface area contributed by atoms with Crippen LogP contribution in [-0.4, -0.2) is 138 Å². The van der Waals surface area contributed by atoms with Gasteiger partial charge < -0.3 is 29.7 Å². The van der Waals surface area contributed by atoms with Crippen molar-refractivity contribution in [3.63, 3.8) is 0 Å². The van der Waals surface area contributed by atoms with Crippen LogP contribution in [0.4, 0.5) is 29.1 Å². The number of rotatable bonds is 13. The van der Waals surface area contributed by atoms with Gasteiger partial charge in [0.2, 0.25) is 11.8 Å². The number of hydrogen-bond donors (Lipinski definition) is 3. The number of benzene rings is 3. The van der Waals surface area contributed by atoms with Crippen molar-refractivity contribution in [3.05, 3.63) is 77.0 Å². The van der Waals surface area contributed by atoms with Crippen molar-refractivity contribution in [1.29, 1.82) is 0 Å². The molecule has 8 heterocycles. The molecule has 6 saturated heterocycles. The molecule has 14 nitrogen and oxygen atoms in total. The largest absolute Gasteiger partial charge is 0.508 e. The third-order valence-corrected chi connectivity index (χ3v) is 16.7. The molecular weight excluding hydrogens is 931 g/mol. The minimum Gasteiger partial charge on any atom is -0.508 e. The Labute approximate surface area is 415 Å². The van der Waals surface area contributed by atoms with Crippen LogP contribution in [0, 0.1) is 28.7 Å². The lowest BCUT2D eigenvalue weighted by molar-refractivity contribution is -0.134. The van der Waals surface area contributed by atoms with E-state index in [1.165, 1.54) is 24.3 Å². The molecule has 7 fully saturated rings. The number of piperidine rings is 3. The van der Waals surface area contributed by atoms with E-state index in [1.54, 1.807) is 18.3 Å². The van der Waals surface area contributed by atoms with E-state index in [-0.39, 0.29) is 59.0 Å². The quantitative estimate of drug-likeness (QED) is 0.0813. The third-order valence-electron chi connectivity index (χ3n) is 16.7. The number of halogens is 4. The maximum atomic E-state index is 17.2. The van der Waals surface area contributed by atoms with Gasteiger partial charge >= 0.3 is 6.01 Å². The minimum atomic E-state index is -1.02. The van der Waals surface area contributed by atoms with Crippen molar-refractivity contribution < 1.29 is 41.7 Å². The SMILES string of the molecule is CCc1c(F)ccc2cc(O)cc(-c3ncc4c(N5CC6CCC(C5)N6)nc(OCC5(CN6CC(N7CCC(OC8CCN(c9cc(F)c(C%10CCC(=O)NC%10=O)c(F)c9)CC8)CC7)C6)CC5)nc4c3F)c12. The number of carbonyl (C=O) groups is 2. The minimum absolute atomic E-state index is 0.0201. The van der Waals surface area contributed by atoms with Crippen molar-refractivity contribution >= 4 is 45.0 Å². The predicted molar refractivity (Wildman–Crippen MR) is 263 cm³/mol. The Bertz CT molecular complexity index is 2900. The van der Waals surface area contributed by atoms with Gasteiger partial charge in [-0.1, -0.05) is 13.0 Å². The van der Waals surface area contributed by atoms with Crippen LogP contribution in [0.3, 0.4) is 0 Å². The summed E-state index contributed by atoms with van der Waals surface area (Å²) < 4.78 is 75.9. The van der Waals surface area contributed by atoms with Gasteiger partial charge in [0.25, 0.3) is 0 Å². The van der Waals surface area contributed by atoms with E-state index in [4.69, 9.17) is 19.4 Å². The highest BCUT2D eigenvalue weighted by molar-refractivity contribution is 6.02. The lowest BCUT2D eigenvalue weighted by Crippen LogP contribution is -2.62. The molecule has 6 aliphatic heterocycles. The van der Waals surface area contributed by atoms with Gasteiger partial charge in [-0.2, -0.15) is 9.97 Å². The first-order chi connectivity index (χ1) is 34.9. The van der Waals surface area contributed by atoms with Crippen molar-refractivity contribution in [3.8, 4) is 23.0 Å². The number of imide groups is 1. The number of pyridine rings is 1. The van der Waals surface area contributed by atoms with Crippen molar-refractivity contribution in [2.24, 2.45) is 5.41 Å². The van der Waals surface area contributed by atoms with Crippen molar-refractivity contribution in [2.45, 2.75) is 114 Å². The van der Waals surface area contributed by atoms with E-state index in [1.807, 2.05) is 11.8 Å². The average molecular weight is 992 g/mol. The summed E-state index contributed by atoms with van der Waals surface area (Å²) in [5.74, 6) is -4.19. The van der Waals surface area contributed by atoms with Gasteiger partial charge in [0, 0.05) is 112 Å². The van der Waals surface area contributed by atoms with Gasteiger partial charge in [0.1, 0.15) is 40.2 Å². The summed E-state index contributed by atoms with van der Waals surface area (Å²) in [6, 6.07) is 9.78. The fourth-order valence-corrected chi connectivity index (χ4v) is 12.6. The summed E-state index contributed by atoms with van der Waals surface area (Å²) >= 11 is 0. The molecule has 12 rings (SSSR count). The summed E-state index contributed by atoms with van der Waals surface area (Å²) in [6.45, 7) is 9.72. The molecule has 0 spiro atoms. The van der Waals surface area contributed by atoms with E-state index >= 15 is 17.6 Å². The number of aryl methyl sites for hydroxylation is 1. The number of nitrogens with zero attached hydrogens (tertiary/aromatic N) is 7. The molecule has 2 amide bonds. The van der Waals surface area contributed by atoms with Crippen LogP contribution in [0.2, 0.25) is 0 Å². The molecule has 0 radical (unpaired) electrons. The summed E-state index contributed by atoms with van der Waals surface area (Å²) in [5, 5.41) is 18.2. The number of fused-ring (bicyclic) bond motifs is 4. The average Bonchev–Trinajstić information content (AvgIpc) is 4.05. The predicted octanol–water partition coefficient (Wildman–Crippen LogP) is 7.12. The normalized spacial score (nSPS) is 24.3. The smallest absolute Gasteiger partial charge is 0.319 e. The highest BCUT2D eigenvalue weighted by Crippen LogP contribution is 2.48. The highest BCUT2D eigenvalue weighted by atomic mass is 19.1. The molecule has 3 atom stereocenters. The van der Waals surface area contributed by atoms with Crippen LogP contribution in [0.1, 0.15) is 88.2 Å². The van der Waals surface area contributed by atoms with Gasteiger partial charge in [0.05, 0.1) is 30.1 Å². The first-order valence-corrected chi connectivity index (χ1v) is 26.0. The van der Waals surface area contributed by atoms with Gasteiger partial charge in [0.15, 0.2) is 5.82 Å². The Balaban J connectivity index is 0.655. The number of nitrogens with one attached hydrogen (secondary N) is 2. The number of hydrogen-bond acceptors (Lipinski definition) is 13. The number of phenols is 1. The monoisotopic (exact) mass is 991 g/mol. The Morgan fingerprint density at radius 1 is 0.819 bits per heavy atom. The maximum absolute atomic E-state index is 17.2. The Morgan fingerprint density at radius 3 is 2.21 bits per heavy atom. The molecule has 7 aliphatic rings. The zero-order valence-electron chi connectivity index (χ0n) is 40.6. The molecule has 3 N–H and O–H groups in total. The molecule has 2 bridgehead atoms. The molecule has 72 heavy (non-hydrogen) atoms. The number of aromatic hydroxyl groups is 1. The number of carbonyl (C=O) groups excluding carboxylic acids is 2. The molecular formula is C54H61F4N9O5. The van der Waals surface area contributed by atoms with Gasteiger partial charge in [-0.3, -0.25) is 29.7 Å². The van der Waals surface area contributed by atoms with Crippen molar-refractivity contribution in [2.75, 3.05) is 75.3 Å². The van der Waals surface area contributed by atoms with Crippen LogP contribution in [0.5, 0.6) is 11.8 Å². The molecule has 1 aliphatic carbocycles. The number of aromatic nitrogens is 3. The third kappa shape index (κ3) is 9.10. The molecule has 380 valence electrons.